The average Bonchev–Trinajstić information content (AvgIpc) is 2.45. The highest BCUT2D eigenvalue weighted by atomic mass is 16.2. The SMILES string of the molecule is C[C@@H]1C(=O)N(c2ccccc2)C(=O)[C@H]1C. The lowest BCUT2D eigenvalue weighted by Crippen LogP contribution is -2.30. The van der Waals surface area contributed by atoms with Crippen LogP contribution in [-0.2, 0) is 9.59 Å². The number of hydrogen-bond donors (Lipinski definition) is 0. The van der Waals surface area contributed by atoms with Gasteiger partial charge in [0, 0.05) is 11.8 Å². The van der Waals surface area contributed by atoms with E-state index < -0.39 is 0 Å². The van der Waals surface area contributed by atoms with Crippen LogP contribution in [0.15, 0.2) is 30.3 Å². The number of rotatable bonds is 1. The van der Waals surface area contributed by atoms with Crippen LogP contribution in [0.5, 0.6) is 0 Å². The van der Waals surface area contributed by atoms with E-state index in [1.807, 2.05) is 18.2 Å². The molecule has 1 aliphatic heterocycles. The number of hydrogen-bond acceptors (Lipinski definition) is 2. The summed E-state index contributed by atoms with van der Waals surface area (Å²) in [5, 5.41) is 0. The van der Waals surface area contributed by atoms with Gasteiger partial charge in [0.1, 0.15) is 0 Å². The molecule has 3 nitrogen and oxygen atoms in total. The summed E-state index contributed by atoms with van der Waals surface area (Å²) in [6.45, 7) is 3.60. The molecular weight excluding hydrogens is 190 g/mol. The lowest BCUT2D eigenvalue weighted by atomic mass is 10.00. The largest absolute Gasteiger partial charge is 0.274 e. The fraction of sp³-hybridized carbons (Fsp3) is 0.333. The van der Waals surface area contributed by atoms with Crippen LogP contribution in [0.3, 0.4) is 0 Å². The quantitative estimate of drug-likeness (QED) is 0.653. The van der Waals surface area contributed by atoms with Gasteiger partial charge in [-0.15, -0.1) is 0 Å². The second kappa shape index (κ2) is 3.50. The number of benzene rings is 1. The minimum absolute atomic E-state index is 0.0984. The summed E-state index contributed by atoms with van der Waals surface area (Å²) >= 11 is 0. The zero-order valence-electron chi connectivity index (χ0n) is 8.81. The van der Waals surface area contributed by atoms with Crippen molar-refractivity contribution in [3.05, 3.63) is 30.3 Å². The third kappa shape index (κ3) is 1.44. The summed E-state index contributed by atoms with van der Waals surface area (Å²) in [6, 6.07) is 9.07. The molecule has 15 heavy (non-hydrogen) atoms. The van der Waals surface area contributed by atoms with Crippen molar-refractivity contribution in [2.24, 2.45) is 11.8 Å². The number of amides is 2. The highest BCUT2D eigenvalue weighted by Crippen LogP contribution is 2.29. The Bertz CT molecular complexity index is 379. The van der Waals surface area contributed by atoms with Crippen LogP contribution in [0.4, 0.5) is 5.69 Å². The maximum Gasteiger partial charge on any atom is 0.237 e. The van der Waals surface area contributed by atoms with E-state index in [9.17, 15) is 9.59 Å². The van der Waals surface area contributed by atoms with Gasteiger partial charge in [0.25, 0.3) is 0 Å². The Morgan fingerprint density at radius 2 is 1.40 bits per heavy atom. The van der Waals surface area contributed by atoms with Crippen molar-refractivity contribution in [3.8, 4) is 0 Å². The molecule has 78 valence electrons. The summed E-state index contributed by atoms with van der Waals surface area (Å²) < 4.78 is 0. The van der Waals surface area contributed by atoms with Gasteiger partial charge >= 0.3 is 0 Å². The van der Waals surface area contributed by atoms with E-state index in [1.165, 1.54) is 4.90 Å². The predicted molar refractivity (Wildman–Crippen MR) is 57.3 cm³/mol. The molecule has 0 saturated carbocycles. The number of carbonyl (C=O) groups is 2. The molecule has 1 aromatic carbocycles. The molecule has 2 amide bonds. The Hall–Kier alpha value is -1.64. The Labute approximate surface area is 88.7 Å². The first-order valence-electron chi connectivity index (χ1n) is 5.06. The summed E-state index contributed by atoms with van der Waals surface area (Å²) in [4.78, 5) is 25.0. The minimum atomic E-state index is -0.210. The second-order valence-electron chi connectivity index (χ2n) is 3.92. The van der Waals surface area contributed by atoms with Gasteiger partial charge in [-0.2, -0.15) is 0 Å². The highest BCUT2D eigenvalue weighted by Gasteiger charge is 2.42. The third-order valence-corrected chi connectivity index (χ3v) is 2.98. The van der Waals surface area contributed by atoms with Crippen molar-refractivity contribution in [2.45, 2.75) is 13.8 Å². The summed E-state index contributed by atoms with van der Waals surface area (Å²) in [6.07, 6.45) is 0. The number of carbonyl (C=O) groups excluding carboxylic acids is 2. The molecule has 0 aromatic heterocycles. The van der Waals surface area contributed by atoms with Crippen LogP contribution in [0.1, 0.15) is 13.8 Å². The molecule has 2 rings (SSSR count). The molecular formula is C12H13NO2. The van der Waals surface area contributed by atoms with E-state index in [1.54, 1.807) is 26.0 Å². The van der Waals surface area contributed by atoms with E-state index in [-0.39, 0.29) is 23.7 Å². The maximum atomic E-state index is 11.8. The summed E-state index contributed by atoms with van der Waals surface area (Å²) in [7, 11) is 0. The number of nitrogens with zero attached hydrogens (tertiary/aromatic N) is 1. The maximum absolute atomic E-state index is 11.8. The van der Waals surface area contributed by atoms with Crippen LogP contribution in [0.25, 0.3) is 0 Å². The molecule has 2 atom stereocenters. The first kappa shape index (κ1) is 9.90. The van der Waals surface area contributed by atoms with Crippen molar-refractivity contribution in [1.82, 2.24) is 0 Å². The molecule has 0 bridgehead atoms. The topological polar surface area (TPSA) is 37.4 Å². The Kier molecular flexibility index (Phi) is 2.31. The lowest BCUT2D eigenvalue weighted by Gasteiger charge is -2.13. The Morgan fingerprint density at radius 3 is 1.87 bits per heavy atom. The molecule has 0 aliphatic carbocycles. The zero-order chi connectivity index (χ0) is 11.0. The van der Waals surface area contributed by atoms with Gasteiger partial charge in [-0.1, -0.05) is 32.0 Å². The smallest absolute Gasteiger partial charge is 0.237 e. The van der Waals surface area contributed by atoms with E-state index in [0.29, 0.717) is 5.69 Å². The summed E-state index contributed by atoms with van der Waals surface area (Å²) in [5.74, 6) is -0.618. The first-order valence-corrected chi connectivity index (χ1v) is 5.06. The van der Waals surface area contributed by atoms with E-state index in [0.717, 1.165) is 0 Å². The predicted octanol–water partition coefficient (Wildman–Crippen LogP) is 1.83. The van der Waals surface area contributed by atoms with Crippen LogP contribution < -0.4 is 4.90 Å². The molecule has 1 fully saturated rings. The monoisotopic (exact) mass is 203 g/mol. The van der Waals surface area contributed by atoms with E-state index in [4.69, 9.17) is 0 Å². The van der Waals surface area contributed by atoms with Crippen LogP contribution in [-0.4, -0.2) is 11.8 Å². The van der Waals surface area contributed by atoms with Gasteiger partial charge in [0.05, 0.1) is 5.69 Å². The van der Waals surface area contributed by atoms with E-state index in [2.05, 4.69) is 0 Å². The number of anilines is 1. The molecule has 0 spiro atoms. The lowest BCUT2D eigenvalue weighted by molar-refractivity contribution is -0.122. The van der Waals surface area contributed by atoms with Crippen molar-refractivity contribution < 1.29 is 9.59 Å². The van der Waals surface area contributed by atoms with Crippen molar-refractivity contribution >= 4 is 17.5 Å². The minimum Gasteiger partial charge on any atom is -0.274 e. The molecule has 1 heterocycles. The van der Waals surface area contributed by atoms with Gasteiger partial charge in [-0.3, -0.25) is 14.5 Å². The molecule has 0 N–H and O–H groups in total. The molecule has 1 aromatic rings. The fourth-order valence-electron chi connectivity index (χ4n) is 1.78. The molecule has 0 unspecified atom stereocenters. The number of imide groups is 1. The third-order valence-electron chi connectivity index (χ3n) is 2.98. The molecule has 0 radical (unpaired) electrons. The first-order chi connectivity index (χ1) is 7.13. The van der Waals surface area contributed by atoms with E-state index >= 15 is 0 Å². The molecule has 1 saturated heterocycles. The van der Waals surface area contributed by atoms with Gasteiger partial charge in [0.15, 0.2) is 0 Å². The fourth-order valence-corrected chi connectivity index (χ4v) is 1.78. The van der Waals surface area contributed by atoms with Crippen LogP contribution >= 0.6 is 0 Å². The molecule has 1 aliphatic rings. The Morgan fingerprint density at radius 1 is 0.933 bits per heavy atom. The van der Waals surface area contributed by atoms with Gasteiger partial charge in [0.2, 0.25) is 11.8 Å². The van der Waals surface area contributed by atoms with Crippen molar-refractivity contribution in [3.63, 3.8) is 0 Å². The van der Waals surface area contributed by atoms with Crippen LogP contribution in [0, 0.1) is 11.8 Å². The van der Waals surface area contributed by atoms with Crippen molar-refractivity contribution in [2.75, 3.05) is 4.90 Å². The normalized spacial score (nSPS) is 26.1. The highest BCUT2D eigenvalue weighted by molar-refractivity contribution is 6.21. The van der Waals surface area contributed by atoms with Gasteiger partial charge in [-0.05, 0) is 12.1 Å². The van der Waals surface area contributed by atoms with Gasteiger partial charge < -0.3 is 0 Å². The van der Waals surface area contributed by atoms with Crippen molar-refractivity contribution in [1.29, 1.82) is 0 Å². The van der Waals surface area contributed by atoms with Gasteiger partial charge in [-0.25, -0.2) is 0 Å². The standard InChI is InChI=1S/C12H13NO2/c1-8-9(2)12(15)13(11(8)14)10-6-4-3-5-7-10/h3-9H,1-2H3/t8-,9-/m0/s1. The Balaban J connectivity index is 2.39. The zero-order valence-corrected chi connectivity index (χ0v) is 8.81. The average molecular weight is 203 g/mol. The second-order valence-corrected chi connectivity index (χ2v) is 3.92. The summed E-state index contributed by atoms with van der Waals surface area (Å²) in [5.41, 5.74) is 0.670. The van der Waals surface area contributed by atoms with Crippen LogP contribution in [0.2, 0.25) is 0 Å². The number of para-hydroxylation sites is 1. The molecule has 3 heteroatoms.